The maximum Gasteiger partial charge on any atom is 0.264 e. The molecule has 0 saturated carbocycles. The Kier molecular flexibility index (Phi) is 5.12. The van der Waals surface area contributed by atoms with E-state index in [1.165, 1.54) is 11.6 Å². The van der Waals surface area contributed by atoms with Crippen molar-refractivity contribution in [2.75, 3.05) is 13.4 Å². The monoisotopic (exact) mass is 339 g/mol. The van der Waals surface area contributed by atoms with Gasteiger partial charge in [-0.2, -0.15) is 8.42 Å². The molecule has 8 nitrogen and oxygen atoms in total. The van der Waals surface area contributed by atoms with Gasteiger partial charge in [0, 0.05) is 6.92 Å². The predicted octanol–water partition coefficient (Wildman–Crippen LogP) is 1.01. The van der Waals surface area contributed by atoms with Gasteiger partial charge in [0.15, 0.2) is 5.78 Å². The lowest BCUT2D eigenvalue weighted by molar-refractivity contribution is 0.100. The van der Waals surface area contributed by atoms with Crippen LogP contribution in [0.15, 0.2) is 24.3 Å². The minimum Gasteiger partial charge on any atom is -0.497 e. The lowest BCUT2D eigenvalue weighted by Gasteiger charge is -2.06. The third-order valence-corrected chi connectivity index (χ3v) is 3.59. The Labute approximate surface area is 134 Å². The van der Waals surface area contributed by atoms with E-state index in [0.29, 0.717) is 6.54 Å². The van der Waals surface area contributed by atoms with Crippen molar-refractivity contribution in [1.82, 2.24) is 15.0 Å². The number of nitrogens with zero attached hydrogens (tertiary/aromatic N) is 3. The van der Waals surface area contributed by atoms with E-state index < -0.39 is 10.1 Å². The molecule has 0 atom stereocenters. The van der Waals surface area contributed by atoms with Gasteiger partial charge in [-0.05, 0) is 17.7 Å². The van der Waals surface area contributed by atoms with Gasteiger partial charge in [-0.1, -0.05) is 17.3 Å². The number of hydrogen-bond donors (Lipinski definition) is 0. The molecule has 0 spiro atoms. The number of ether oxygens (including phenoxy) is 1. The van der Waals surface area contributed by atoms with Gasteiger partial charge in [0.2, 0.25) is 0 Å². The van der Waals surface area contributed by atoms with Gasteiger partial charge in [0.05, 0.1) is 19.9 Å². The van der Waals surface area contributed by atoms with Crippen molar-refractivity contribution < 1.29 is 22.1 Å². The molecule has 0 aliphatic carbocycles. The third kappa shape index (κ3) is 4.60. The molecular weight excluding hydrogens is 322 g/mol. The number of aromatic nitrogens is 3. The zero-order valence-electron chi connectivity index (χ0n) is 13.0. The molecular formula is C14H17N3O5S. The molecule has 2 aromatic rings. The van der Waals surface area contributed by atoms with Gasteiger partial charge >= 0.3 is 0 Å². The molecule has 0 amide bonds. The minimum atomic E-state index is -3.62. The molecule has 23 heavy (non-hydrogen) atoms. The fraction of sp³-hybridized carbons (Fsp3) is 0.357. The van der Waals surface area contributed by atoms with Crippen molar-refractivity contribution in [3.63, 3.8) is 0 Å². The Hall–Kier alpha value is -2.26. The van der Waals surface area contributed by atoms with Crippen LogP contribution in [-0.4, -0.2) is 42.6 Å². The minimum absolute atomic E-state index is 0.191. The molecule has 0 saturated heterocycles. The summed E-state index contributed by atoms with van der Waals surface area (Å²) in [4.78, 5) is 11.8. The van der Waals surface area contributed by atoms with Crippen LogP contribution in [0.5, 0.6) is 5.75 Å². The van der Waals surface area contributed by atoms with E-state index in [9.17, 15) is 13.2 Å². The number of rotatable bonds is 7. The zero-order chi connectivity index (χ0) is 17.0. The largest absolute Gasteiger partial charge is 0.497 e. The summed E-state index contributed by atoms with van der Waals surface area (Å²) in [5.41, 5.74) is 1.31. The normalized spacial score (nSPS) is 11.4. The van der Waals surface area contributed by atoms with Gasteiger partial charge in [0.25, 0.3) is 10.1 Å². The Morgan fingerprint density at radius 2 is 1.91 bits per heavy atom. The number of carbonyl (C=O) groups excluding carboxylic acids is 1. The molecule has 0 bridgehead atoms. The van der Waals surface area contributed by atoms with Crippen LogP contribution in [-0.2, 0) is 27.5 Å². The molecule has 1 heterocycles. The second kappa shape index (κ2) is 6.88. The summed E-state index contributed by atoms with van der Waals surface area (Å²) in [5.74, 6) is 0.456. The highest BCUT2D eigenvalue weighted by molar-refractivity contribution is 7.85. The second-order valence-electron chi connectivity index (χ2n) is 4.91. The topological polar surface area (TPSA) is 100 Å². The molecule has 0 fully saturated rings. The summed E-state index contributed by atoms with van der Waals surface area (Å²) in [5, 5.41) is 7.76. The summed E-state index contributed by atoms with van der Waals surface area (Å²) in [6, 6.07) is 7.29. The van der Waals surface area contributed by atoms with Crippen molar-refractivity contribution in [3.8, 4) is 5.75 Å². The van der Waals surface area contributed by atoms with Crippen LogP contribution in [0.4, 0.5) is 0 Å². The third-order valence-electron chi connectivity index (χ3n) is 3.04. The maximum absolute atomic E-state index is 11.8. The molecule has 0 N–H and O–H groups in total. The summed E-state index contributed by atoms with van der Waals surface area (Å²) < 4.78 is 33.3. The maximum atomic E-state index is 11.8. The molecule has 0 aliphatic heterocycles. The van der Waals surface area contributed by atoms with E-state index in [-0.39, 0.29) is 23.8 Å². The number of benzene rings is 1. The Morgan fingerprint density at radius 1 is 1.26 bits per heavy atom. The molecule has 2 rings (SSSR count). The van der Waals surface area contributed by atoms with E-state index in [0.717, 1.165) is 17.6 Å². The first-order chi connectivity index (χ1) is 10.8. The SMILES string of the molecule is COc1ccc(Cn2nnc(COS(C)(=O)=O)c2C(C)=O)cc1. The van der Waals surface area contributed by atoms with Crippen LogP contribution in [0, 0.1) is 0 Å². The van der Waals surface area contributed by atoms with Crippen LogP contribution < -0.4 is 4.74 Å². The molecule has 0 radical (unpaired) electrons. The average molecular weight is 339 g/mol. The van der Waals surface area contributed by atoms with Crippen LogP contribution in [0.2, 0.25) is 0 Å². The predicted molar refractivity (Wildman–Crippen MR) is 81.8 cm³/mol. The zero-order valence-corrected chi connectivity index (χ0v) is 13.8. The molecule has 0 aliphatic rings. The van der Waals surface area contributed by atoms with Gasteiger partial charge in [0.1, 0.15) is 23.7 Å². The Morgan fingerprint density at radius 3 is 2.43 bits per heavy atom. The van der Waals surface area contributed by atoms with E-state index >= 15 is 0 Å². The van der Waals surface area contributed by atoms with Crippen LogP contribution >= 0.6 is 0 Å². The summed E-state index contributed by atoms with van der Waals surface area (Å²) >= 11 is 0. The van der Waals surface area contributed by atoms with E-state index in [1.807, 2.05) is 12.1 Å². The first-order valence-electron chi connectivity index (χ1n) is 6.71. The van der Waals surface area contributed by atoms with Crippen molar-refractivity contribution in [2.45, 2.75) is 20.1 Å². The summed E-state index contributed by atoms with van der Waals surface area (Å²) in [6.07, 6.45) is 0.933. The number of carbonyl (C=O) groups is 1. The van der Waals surface area contributed by atoms with Crippen LogP contribution in [0.25, 0.3) is 0 Å². The fourth-order valence-electron chi connectivity index (χ4n) is 2.01. The average Bonchev–Trinajstić information content (AvgIpc) is 2.88. The molecule has 124 valence electrons. The van der Waals surface area contributed by atoms with Gasteiger partial charge in [-0.3, -0.25) is 8.98 Å². The Bertz CT molecular complexity index is 796. The van der Waals surface area contributed by atoms with Gasteiger partial charge in [-0.25, -0.2) is 4.68 Å². The van der Waals surface area contributed by atoms with Gasteiger partial charge < -0.3 is 4.74 Å². The second-order valence-corrected chi connectivity index (χ2v) is 6.56. The standard InChI is InChI=1S/C14H17N3O5S/c1-10(18)14-13(9-22-23(3,19)20)15-16-17(14)8-11-4-6-12(21-2)7-5-11/h4-7H,8-9H2,1-3H3. The summed E-state index contributed by atoms with van der Waals surface area (Å²) in [7, 11) is -2.05. The number of ketones is 1. The first-order valence-corrected chi connectivity index (χ1v) is 8.52. The smallest absolute Gasteiger partial charge is 0.264 e. The number of Topliss-reactive ketones (excluding diaryl/α,β-unsaturated/α-hetero) is 1. The van der Waals surface area contributed by atoms with Crippen LogP contribution in [0.3, 0.4) is 0 Å². The molecule has 1 aromatic carbocycles. The van der Waals surface area contributed by atoms with E-state index in [2.05, 4.69) is 14.5 Å². The molecule has 0 unspecified atom stereocenters. The van der Waals surface area contributed by atoms with Crippen molar-refractivity contribution in [2.24, 2.45) is 0 Å². The van der Waals surface area contributed by atoms with Crippen LogP contribution in [0.1, 0.15) is 28.7 Å². The lowest BCUT2D eigenvalue weighted by atomic mass is 10.2. The highest BCUT2D eigenvalue weighted by Gasteiger charge is 2.19. The number of hydrogen-bond acceptors (Lipinski definition) is 7. The van der Waals surface area contributed by atoms with E-state index in [1.54, 1.807) is 19.2 Å². The highest BCUT2D eigenvalue weighted by atomic mass is 32.2. The van der Waals surface area contributed by atoms with E-state index in [4.69, 9.17) is 4.74 Å². The quantitative estimate of drug-likeness (QED) is 0.548. The Balaban J connectivity index is 2.24. The lowest BCUT2D eigenvalue weighted by Crippen LogP contribution is -2.12. The van der Waals surface area contributed by atoms with Crippen molar-refractivity contribution in [1.29, 1.82) is 0 Å². The fourth-order valence-corrected chi connectivity index (χ4v) is 2.33. The number of methoxy groups -OCH3 is 1. The molecule has 1 aromatic heterocycles. The first kappa shape index (κ1) is 17.1. The highest BCUT2D eigenvalue weighted by Crippen LogP contribution is 2.15. The summed E-state index contributed by atoms with van der Waals surface area (Å²) in [6.45, 7) is 1.37. The molecule has 9 heteroatoms. The van der Waals surface area contributed by atoms with Gasteiger partial charge in [-0.15, -0.1) is 5.10 Å². The van der Waals surface area contributed by atoms with Crippen molar-refractivity contribution >= 4 is 15.9 Å². The van der Waals surface area contributed by atoms with Crippen molar-refractivity contribution in [3.05, 3.63) is 41.2 Å².